The standard InChI is InChI=1S/C10H16N2O5S/c1-5-8(3)16-12-7(2)6-10(11-9(12)4)17-18(13,14)15/h6,8H,5H2,1-4H3/p+1. The van der Waals surface area contributed by atoms with Gasteiger partial charge in [-0.2, -0.15) is 8.42 Å². The minimum atomic E-state index is -4.56. The largest absolute Gasteiger partial charge is 0.449 e. The Kier molecular flexibility index (Phi) is 4.47. The van der Waals surface area contributed by atoms with Gasteiger partial charge in [-0.25, -0.2) is 0 Å². The Hall–Kier alpha value is -1.41. The fourth-order valence-electron chi connectivity index (χ4n) is 1.29. The van der Waals surface area contributed by atoms with Crippen molar-refractivity contribution < 1.29 is 26.7 Å². The Morgan fingerprint density at radius 1 is 1.50 bits per heavy atom. The lowest BCUT2D eigenvalue weighted by Gasteiger charge is -2.11. The van der Waals surface area contributed by atoms with Crippen molar-refractivity contribution in [1.82, 2.24) is 4.98 Å². The summed E-state index contributed by atoms with van der Waals surface area (Å²) in [6, 6.07) is 1.36. The zero-order valence-electron chi connectivity index (χ0n) is 10.7. The van der Waals surface area contributed by atoms with Crippen LogP contribution in [0.2, 0.25) is 0 Å². The molecule has 0 radical (unpaired) electrons. The molecular weight excluding hydrogens is 260 g/mol. The van der Waals surface area contributed by atoms with Crippen molar-refractivity contribution in [1.29, 1.82) is 0 Å². The summed E-state index contributed by atoms with van der Waals surface area (Å²) in [5.74, 6) is 0.227. The third-order valence-electron chi connectivity index (χ3n) is 2.27. The number of nitrogens with zero attached hydrogens (tertiary/aromatic N) is 2. The first-order chi connectivity index (χ1) is 8.23. The van der Waals surface area contributed by atoms with Crippen LogP contribution in [0, 0.1) is 13.8 Å². The number of rotatable bonds is 5. The van der Waals surface area contributed by atoms with Crippen molar-refractivity contribution in [3.63, 3.8) is 0 Å². The van der Waals surface area contributed by atoms with E-state index >= 15 is 0 Å². The fourth-order valence-corrected chi connectivity index (χ4v) is 1.60. The minimum absolute atomic E-state index is 0.00235. The highest BCUT2D eigenvalue weighted by Crippen LogP contribution is 2.09. The first-order valence-electron chi connectivity index (χ1n) is 5.47. The number of hydrogen-bond donors (Lipinski definition) is 1. The van der Waals surface area contributed by atoms with Crippen LogP contribution >= 0.6 is 0 Å². The van der Waals surface area contributed by atoms with E-state index in [2.05, 4.69) is 9.17 Å². The van der Waals surface area contributed by atoms with Crippen molar-refractivity contribution >= 4 is 10.4 Å². The maximum atomic E-state index is 10.6. The molecule has 1 aromatic rings. The van der Waals surface area contributed by atoms with Crippen molar-refractivity contribution in [2.45, 2.75) is 40.2 Å². The normalized spacial score (nSPS) is 13.2. The van der Waals surface area contributed by atoms with E-state index in [4.69, 9.17) is 9.39 Å². The van der Waals surface area contributed by atoms with E-state index in [-0.39, 0.29) is 12.0 Å². The number of hydrogen-bond acceptors (Lipinski definition) is 5. The van der Waals surface area contributed by atoms with Gasteiger partial charge < -0.3 is 9.02 Å². The van der Waals surface area contributed by atoms with Crippen LogP contribution in [0.3, 0.4) is 0 Å². The highest BCUT2D eigenvalue weighted by atomic mass is 32.3. The van der Waals surface area contributed by atoms with Gasteiger partial charge in [0.1, 0.15) is 6.10 Å². The molecule has 1 atom stereocenters. The van der Waals surface area contributed by atoms with Gasteiger partial charge in [0.15, 0.2) is 5.69 Å². The van der Waals surface area contributed by atoms with E-state index in [0.29, 0.717) is 11.5 Å². The second kappa shape index (κ2) is 5.49. The SMILES string of the molecule is CCC(C)O[n+]1c(C)cc(OS(=O)(=O)O)nc1C. The summed E-state index contributed by atoms with van der Waals surface area (Å²) < 4.78 is 35.5. The van der Waals surface area contributed by atoms with E-state index in [1.165, 1.54) is 10.8 Å². The van der Waals surface area contributed by atoms with Gasteiger partial charge in [0.2, 0.25) is 0 Å². The molecule has 0 saturated heterocycles. The molecule has 1 rings (SSSR count). The van der Waals surface area contributed by atoms with Crippen LogP contribution in [0.1, 0.15) is 31.8 Å². The third kappa shape index (κ3) is 4.11. The second-order valence-corrected chi connectivity index (χ2v) is 4.93. The zero-order chi connectivity index (χ0) is 13.9. The molecule has 0 bridgehead atoms. The summed E-state index contributed by atoms with van der Waals surface area (Å²) in [5.41, 5.74) is 0.612. The van der Waals surface area contributed by atoms with Crippen molar-refractivity contribution in [3.05, 3.63) is 17.6 Å². The average molecular weight is 277 g/mol. The Balaban J connectivity index is 3.05. The molecular formula is C10H17N2O5S+. The van der Waals surface area contributed by atoms with Crippen LogP contribution in [0.4, 0.5) is 0 Å². The predicted octanol–water partition coefficient (Wildman–Crippen LogP) is 0.395. The molecule has 0 aliphatic carbocycles. The summed E-state index contributed by atoms with van der Waals surface area (Å²) in [6.45, 7) is 7.26. The number of aromatic nitrogens is 2. The summed E-state index contributed by atoms with van der Waals surface area (Å²) in [5, 5.41) is 0. The van der Waals surface area contributed by atoms with Gasteiger partial charge in [-0.3, -0.25) is 4.55 Å². The molecule has 1 heterocycles. The van der Waals surface area contributed by atoms with Crippen LogP contribution in [-0.4, -0.2) is 24.1 Å². The quantitative estimate of drug-likeness (QED) is 0.619. The summed E-state index contributed by atoms with van der Waals surface area (Å²) in [6.07, 6.45) is 0.831. The van der Waals surface area contributed by atoms with Gasteiger partial charge in [-0.15, -0.1) is 0 Å². The van der Waals surface area contributed by atoms with Crippen LogP contribution in [0.5, 0.6) is 5.88 Å². The summed E-state index contributed by atoms with van der Waals surface area (Å²) >= 11 is 0. The maximum absolute atomic E-state index is 10.6. The molecule has 1 unspecified atom stereocenters. The predicted molar refractivity (Wildman–Crippen MR) is 62.4 cm³/mol. The highest BCUT2D eigenvalue weighted by molar-refractivity contribution is 7.81. The molecule has 18 heavy (non-hydrogen) atoms. The van der Waals surface area contributed by atoms with Crippen molar-refractivity contribution in [2.24, 2.45) is 0 Å². The van der Waals surface area contributed by atoms with E-state index < -0.39 is 10.4 Å². The molecule has 0 fully saturated rings. The van der Waals surface area contributed by atoms with Gasteiger partial charge in [0.05, 0.1) is 6.07 Å². The summed E-state index contributed by atoms with van der Waals surface area (Å²) in [4.78, 5) is 9.48. The summed E-state index contributed by atoms with van der Waals surface area (Å²) in [7, 11) is -4.56. The van der Waals surface area contributed by atoms with Gasteiger partial charge in [-0.1, -0.05) is 6.92 Å². The lowest BCUT2D eigenvalue weighted by Crippen LogP contribution is -2.52. The van der Waals surface area contributed by atoms with Crippen molar-refractivity contribution in [3.8, 4) is 5.88 Å². The third-order valence-corrected chi connectivity index (χ3v) is 2.65. The van der Waals surface area contributed by atoms with Crippen LogP contribution in [-0.2, 0) is 10.4 Å². The maximum Gasteiger partial charge on any atom is 0.449 e. The first-order valence-corrected chi connectivity index (χ1v) is 6.83. The fraction of sp³-hybridized carbons (Fsp3) is 0.600. The van der Waals surface area contributed by atoms with Gasteiger partial charge in [0.25, 0.3) is 0 Å². The second-order valence-electron chi connectivity index (χ2n) is 3.91. The number of aryl methyl sites for hydroxylation is 2. The van der Waals surface area contributed by atoms with E-state index in [9.17, 15) is 8.42 Å². The lowest BCUT2D eigenvalue weighted by molar-refractivity contribution is -0.908. The molecule has 0 aliphatic heterocycles. The average Bonchev–Trinajstić information content (AvgIpc) is 2.20. The molecule has 1 N–H and O–H groups in total. The first kappa shape index (κ1) is 14.7. The smallest absolute Gasteiger partial charge is 0.333 e. The van der Waals surface area contributed by atoms with Crippen LogP contribution in [0.25, 0.3) is 0 Å². The van der Waals surface area contributed by atoms with E-state index in [0.717, 1.165) is 6.42 Å². The monoisotopic (exact) mass is 277 g/mol. The van der Waals surface area contributed by atoms with Crippen LogP contribution in [0.15, 0.2) is 6.07 Å². The Labute approximate surface area is 106 Å². The van der Waals surface area contributed by atoms with E-state index in [1.807, 2.05) is 13.8 Å². The molecule has 0 aromatic carbocycles. The Morgan fingerprint density at radius 3 is 2.56 bits per heavy atom. The highest BCUT2D eigenvalue weighted by Gasteiger charge is 2.21. The Morgan fingerprint density at radius 2 is 2.11 bits per heavy atom. The van der Waals surface area contributed by atoms with Gasteiger partial charge in [0, 0.05) is 13.8 Å². The molecule has 0 aliphatic rings. The topological polar surface area (TPSA) is 89.6 Å². The van der Waals surface area contributed by atoms with Gasteiger partial charge in [-0.05, 0) is 23.1 Å². The minimum Gasteiger partial charge on any atom is -0.333 e. The molecule has 0 amide bonds. The zero-order valence-corrected chi connectivity index (χ0v) is 11.6. The lowest BCUT2D eigenvalue weighted by atomic mass is 10.3. The molecule has 7 nitrogen and oxygen atoms in total. The van der Waals surface area contributed by atoms with E-state index in [1.54, 1.807) is 13.8 Å². The Bertz CT molecular complexity index is 506. The van der Waals surface area contributed by atoms with Gasteiger partial charge >= 0.3 is 22.1 Å². The van der Waals surface area contributed by atoms with Crippen molar-refractivity contribution in [2.75, 3.05) is 0 Å². The molecule has 102 valence electrons. The molecule has 1 aromatic heterocycles. The van der Waals surface area contributed by atoms with Crippen LogP contribution < -0.4 is 13.8 Å². The molecule has 8 heteroatoms. The molecule has 0 saturated carbocycles. The molecule has 0 spiro atoms.